The molecule has 5 nitrogen and oxygen atoms in total. The third-order valence-corrected chi connectivity index (χ3v) is 3.74. The van der Waals surface area contributed by atoms with E-state index < -0.39 is 0 Å². The first kappa shape index (κ1) is 13.1. The van der Waals surface area contributed by atoms with Gasteiger partial charge in [0.2, 0.25) is 0 Å². The van der Waals surface area contributed by atoms with E-state index in [9.17, 15) is 4.79 Å². The lowest BCUT2D eigenvalue weighted by atomic mass is 10.1. The molecule has 1 aliphatic carbocycles. The second-order valence-electron chi connectivity index (χ2n) is 6.12. The van der Waals surface area contributed by atoms with Crippen LogP contribution in [0.2, 0.25) is 0 Å². The van der Waals surface area contributed by atoms with Crippen LogP contribution in [0, 0.1) is 0 Å². The molecule has 6 heteroatoms. The van der Waals surface area contributed by atoms with Gasteiger partial charge >= 0.3 is 0 Å². The number of carbonyl (C=O) groups excluding carboxylic acids is 1. The zero-order valence-electron chi connectivity index (χ0n) is 11.3. The summed E-state index contributed by atoms with van der Waals surface area (Å²) in [6, 6.07) is 0. The minimum atomic E-state index is -0.119. The van der Waals surface area contributed by atoms with Crippen molar-refractivity contribution < 1.29 is 4.79 Å². The Morgan fingerprint density at radius 3 is 2.56 bits per heavy atom. The number of hydrogen-bond acceptors (Lipinski definition) is 5. The van der Waals surface area contributed by atoms with Crippen molar-refractivity contribution in [2.45, 2.75) is 51.6 Å². The van der Waals surface area contributed by atoms with Crippen molar-refractivity contribution in [1.29, 1.82) is 0 Å². The van der Waals surface area contributed by atoms with Gasteiger partial charge in [0, 0.05) is 11.1 Å². The van der Waals surface area contributed by atoms with E-state index in [-0.39, 0.29) is 17.0 Å². The molecule has 1 aromatic rings. The Hall–Kier alpha value is -1.30. The molecule has 0 bridgehead atoms. The molecule has 1 saturated carbocycles. The lowest BCUT2D eigenvalue weighted by molar-refractivity contribution is 0.0940. The van der Waals surface area contributed by atoms with Gasteiger partial charge in [-0.25, -0.2) is 4.98 Å². The number of nitrogen functional groups attached to an aromatic ring is 1. The number of nitrogens with zero attached hydrogens (tertiary/aromatic N) is 1. The Balaban J connectivity index is 2.11. The van der Waals surface area contributed by atoms with Crippen LogP contribution in [-0.4, -0.2) is 22.0 Å². The number of nitrogens with one attached hydrogen (secondary N) is 2. The van der Waals surface area contributed by atoms with E-state index in [4.69, 9.17) is 5.73 Å². The Bertz CT molecular complexity index is 471. The van der Waals surface area contributed by atoms with Crippen LogP contribution in [0.1, 0.15) is 50.2 Å². The van der Waals surface area contributed by atoms with Crippen LogP contribution in [0.5, 0.6) is 0 Å². The molecule has 0 aromatic carbocycles. The maximum atomic E-state index is 12.1. The first-order valence-corrected chi connectivity index (χ1v) is 6.87. The Morgan fingerprint density at radius 1 is 1.44 bits per heavy atom. The van der Waals surface area contributed by atoms with E-state index in [1.54, 1.807) is 0 Å². The number of rotatable bonds is 3. The van der Waals surface area contributed by atoms with Crippen molar-refractivity contribution in [2.75, 3.05) is 11.1 Å². The fourth-order valence-corrected chi connectivity index (χ4v) is 2.50. The number of nitrogens with two attached hydrogens (primary N) is 1. The molecule has 2 rings (SSSR count). The molecule has 18 heavy (non-hydrogen) atoms. The lowest BCUT2D eigenvalue weighted by Crippen LogP contribution is -2.34. The van der Waals surface area contributed by atoms with E-state index in [0.717, 1.165) is 12.8 Å². The van der Waals surface area contributed by atoms with E-state index in [1.807, 2.05) is 27.7 Å². The summed E-state index contributed by atoms with van der Waals surface area (Å²) in [5, 5.41) is 6.90. The molecule has 0 atom stereocenters. The molecule has 1 aromatic heterocycles. The highest BCUT2D eigenvalue weighted by Gasteiger charge is 2.39. The van der Waals surface area contributed by atoms with Gasteiger partial charge in [0.25, 0.3) is 5.91 Å². The molecule has 1 fully saturated rings. The second kappa shape index (κ2) is 4.12. The summed E-state index contributed by atoms with van der Waals surface area (Å²) >= 11 is 1.30. The summed E-state index contributed by atoms with van der Waals surface area (Å²) in [6.45, 7) is 8.15. The molecule has 0 radical (unpaired) electrons. The predicted molar refractivity (Wildman–Crippen MR) is 75.0 cm³/mol. The molecule has 4 N–H and O–H groups in total. The number of thiazole rings is 1. The summed E-state index contributed by atoms with van der Waals surface area (Å²) < 4.78 is 0. The van der Waals surface area contributed by atoms with Gasteiger partial charge in [-0.1, -0.05) is 11.3 Å². The third-order valence-electron chi connectivity index (χ3n) is 2.76. The minimum absolute atomic E-state index is 0.0366. The van der Waals surface area contributed by atoms with Gasteiger partial charge in [-0.05, 0) is 40.5 Å². The largest absolute Gasteiger partial charge is 0.382 e. The molecule has 0 aliphatic heterocycles. The molecule has 0 unspecified atom stereocenters. The molecular formula is C12H20N4OS. The van der Waals surface area contributed by atoms with Crippen LogP contribution >= 0.6 is 11.3 Å². The number of carbonyl (C=O) groups is 1. The summed E-state index contributed by atoms with van der Waals surface area (Å²) in [6.07, 6.45) is 2.06. The minimum Gasteiger partial charge on any atom is -0.382 e. The average Bonchev–Trinajstić information content (AvgIpc) is 2.77. The van der Waals surface area contributed by atoms with E-state index in [1.165, 1.54) is 11.3 Å². The van der Waals surface area contributed by atoms with Crippen molar-refractivity contribution in [3.63, 3.8) is 0 Å². The monoisotopic (exact) mass is 268 g/mol. The van der Waals surface area contributed by atoms with Gasteiger partial charge in [-0.3, -0.25) is 4.79 Å². The van der Waals surface area contributed by atoms with Crippen LogP contribution in [0.3, 0.4) is 0 Å². The van der Waals surface area contributed by atoms with E-state index in [0.29, 0.717) is 15.8 Å². The highest BCUT2D eigenvalue weighted by atomic mass is 32.1. The second-order valence-corrected chi connectivity index (χ2v) is 7.12. The number of aromatic nitrogens is 1. The van der Waals surface area contributed by atoms with Gasteiger partial charge in [-0.15, -0.1) is 0 Å². The standard InChI is InChI=1S/C12H20N4OS/c1-11(2,3)16-10-14-8(13)7(18-10)9(17)15-12(4)5-6-12/h5-6,13H2,1-4H3,(H,14,16)(H,15,17). The molecular weight excluding hydrogens is 248 g/mol. The zero-order chi connectivity index (χ0) is 13.6. The van der Waals surface area contributed by atoms with Crippen molar-refractivity contribution >= 4 is 28.2 Å². The smallest absolute Gasteiger partial charge is 0.265 e. The summed E-state index contributed by atoms with van der Waals surface area (Å²) in [5.41, 5.74) is 5.67. The summed E-state index contributed by atoms with van der Waals surface area (Å²) in [7, 11) is 0. The Morgan fingerprint density at radius 2 is 2.06 bits per heavy atom. The molecule has 1 aliphatic rings. The van der Waals surface area contributed by atoms with Gasteiger partial charge in [0.15, 0.2) is 5.13 Å². The first-order chi connectivity index (χ1) is 8.19. The molecule has 0 spiro atoms. The number of anilines is 2. The predicted octanol–water partition coefficient (Wildman–Crippen LogP) is 2.22. The fraction of sp³-hybridized carbons (Fsp3) is 0.667. The molecule has 1 heterocycles. The van der Waals surface area contributed by atoms with Crippen LogP contribution in [0.15, 0.2) is 0 Å². The quantitative estimate of drug-likeness (QED) is 0.785. The van der Waals surface area contributed by atoms with Crippen molar-refractivity contribution in [1.82, 2.24) is 10.3 Å². The van der Waals surface area contributed by atoms with Crippen LogP contribution < -0.4 is 16.4 Å². The van der Waals surface area contributed by atoms with Crippen molar-refractivity contribution in [3.8, 4) is 0 Å². The van der Waals surface area contributed by atoms with Crippen LogP contribution in [-0.2, 0) is 0 Å². The molecule has 1 amide bonds. The third kappa shape index (κ3) is 3.13. The zero-order valence-corrected chi connectivity index (χ0v) is 12.1. The van der Waals surface area contributed by atoms with Crippen molar-refractivity contribution in [3.05, 3.63) is 4.88 Å². The fourth-order valence-electron chi connectivity index (χ4n) is 1.51. The van der Waals surface area contributed by atoms with Crippen LogP contribution in [0.4, 0.5) is 10.9 Å². The topological polar surface area (TPSA) is 80.0 Å². The highest BCUT2D eigenvalue weighted by molar-refractivity contribution is 7.18. The number of hydrogen-bond donors (Lipinski definition) is 3. The van der Waals surface area contributed by atoms with E-state index >= 15 is 0 Å². The maximum absolute atomic E-state index is 12.1. The molecule has 0 saturated heterocycles. The van der Waals surface area contributed by atoms with Gasteiger partial charge < -0.3 is 16.4 Å². The van der Waals surface area contributed by atoms with Crippen LogP contribution in [0.25, 0.3) is 0 Å². The van der Waals surface area contributed by atoms with Crippen molar-refractivity contribution in [2.24, 2.45) is 0 Å². The number of amides is 1. The highest BCUT2D eigenvalue weighted by Crippen LogP contribution is 2.35. The first-order valence-electron chi connectivity index (χ1n) is 6.06. The van der Waals surface area contributed by atoms with Gasteiger partial charge in [-0.2, -0.15) is 0 Å². The Kier molecular flexibility index (Phi) is 3.01. The van der Waals surface area contributed by atoms with Gasteiger partial charge in [0.05, 0.1) is 0 Å². The van der Waals surface area contributed by atoms with E-state index in [2.05, 4.69) is 15.6 Å². The molecule has 100 valence electrons. The summed E-state index contributed by atoms with van der Waals surface area (Å²) in [4.78, 5) is 16.7. The van der Waals surface area contributed by atoms with Gasteiger partial charge in [0.1, 0.15) is 10.7 Å². The maximum Gasteiger partial charge on any atom is 0.265 e. The Labute approximate surface area is 111 Å². The SMILES string of the molecule is CC(C)(C)Nc1nc(N)c(C(=O)NC2(C)CC2)s1. The average molecular weight is 268 g/mol. The normalized spacial score (nSPS) is 17.3. The summed E-state index contributed by atoms with van der Waals surface area (Å²) in [5.74, 6) is 0.181. The lowest BCUT2D eigenvalue weighted by Gasteiger charge is -2.19.